The zero-order valence-corrected chi connectivity index (χ0v) is 13.0. The Morgan fingerprint density at radius 2 is 1.62 bits per heavy atom. The molecule has 1 unspecified atom stereocenters. The van der Waals surface area contributed by atoms with Crippen molar-refractivity contribution in [3.63, 3.8) is 0 Å². The summed E-state index contributed by atoms with van der Waals surface area (Å²) in [4.78, 5) is 12.3. The van der Waals surface area contributed by atoms with E-state index >= 15 is 0 Å². The lowest BCUT2D eigenvalue weighted by atomic mass is 10.0. The van der Waals surface area contributed by atoms with Crippen molar-refractivity contribution in [1.82, 2.24) is 0 Å². The van der Waals surface area contributed by atoms with Gasteiger partial charge in [-0.15, -0.1) is 6.58 Å². The van der Waals surface area contributed by atoms with Gasteiger partial charge in [-0.1, -0.05) is 81.7 Å². The van der Waals surface area contributed by atoms with Crippen LogP contribution in [-0.2, 0) is 0 Å². The summed E-state index contributed by atoms with van der Waals surface area (Å²) in [5, 5.41) is 0. The Hall–Kier alpha value is -1.98. The lowest BCUT2D eigenvalue weighted by Gasteiger charge is -2.13. The molecule has 0 saturated carbocycles. The average molecular weight is 294 g/mol. The maximum absolute atomic E-state index is 12.3. The average Bonchev–Trinajstić information content (AvgIpc) is 2.55. The van der Waals surface area contributed by atoms with Crippen LogP contribution >= 0.6 is 8.58 Å². The van der Waals surface area contributed by atoms with E-state index in [0.717, 1.165) is 17.5 Å². The molecule has 21 heavy (non-hydrogen) atoms. The van der Waals surface area contributed by atoms with Gasteiger partial charge in [-0.25, -0.2) is 0 Å². The molecule has 0 bridgehead atoms. The van der Waals surface area contributed by atoms with Crippen molar-refractivity contribution in [2.24, 2.45) is 0 Å². The molecule has 106 valence electrons. The molecule has 0 aromatic heterocycles. The highest BCUT2D eigenvalue weighted by molar-refractivity contribution is 7.42. The first-order valence-corrected chi connectivity index (χ1v) is 8.09. The van der Waals surface area contributed by atoms with E-state index in [1.165, 1.54) is 5.56 Å². The molecule has 0 saturated heterocycles. The molecule has 2 atom stereocenters. The van der Waals surface area contributed by atoms with Gasteiger partial charge < -0.3 is 0 Å². The van der Waals surface area contributed by atoms with Crippen LogP contribution in [0.4, 0.5) is 0 Å². The van der Waals surface area contributed by atoms with E-state index in [1.54, 1.807) is 0 Å². The highest BCUT2D eigenvalue weighted by Gasteiger charge is 2.11. The number of allylic oxidation sites excluding steroid dienone is 1. The molecule has 0 radical (unpaired) electrons. The molecule has 0 fully saturated rings. The van der Waals surface area contributed by atoms with E-state index < -0.39 is 0 Å². The lowest BCUT2D eigenvalue weighted by Crippen LogP contribution is -2.01. The summed E-state index contributed by atoms with van der Waals surface area (Å²) in [7, 11) is 0.662. The van der Waals surface area contributed by atoms with Gasteiger partial charge in [0.1, 0.15) is 0 Å². The normalized spacial score (nSPS) is 12.2. The standard InChI is InChI=1S/C19H19OP/c1-3-8-18(21-4-2)15-11-13-17(14-12-15)19(20)16-9-6-5-7-10-16/h3-7,9-14,18,21H,1-2,8H2/t18-/m1/s1. The maximum Gasteiger partial charge on any atom is 0.193 e. The molecule has 2 aromatic rings. The minimum Gasteiger partial charge on any atom is -0.289 e. The summed E-state index contributed by atoms with van der Waals surface area (Å²) < 4.78 is 0. The van der Waals surface area contributed by atoms with E-state index in [1.807, 2.05) is 66.5 Å². The lowest BCUT2D eigenvalue weighted by molar-refractivity contribution is 0.103. The predicted octanol–water partition coefficient (Wildman–Crippen LogP) is 5.36. The van der Waals surface area contributed by atoms with Gasteiger partial charge in [-0.3, -0.25) is 4.79 Å². The highest BCUT2D eigenvalue weighted by Crippen LogP contribution is 2.38. The smallest absolute Gasteiger partial charge is 0.193 e. The predicted molar refractivity (Wildman–Crippen MR) is 92.4 cm³/mol. The maximum atomic E-state index is 12.3. The summed E-state index contributed by atoms with van der Waals surface area (Å²) >= 11 is 0. The molecule has 0 heterocycles. The minimum atomic E-state index is 0.0635. The molecule has 0 N–H and O–H groups in total. The van der Waals surface area contributed by atoms with Crippen LogP contribution in [0.3, 0.4) is 0 Å². The Morgan fingerprint density at radius 1 is 1.00 bits per heavy atom. The Kier molecular flexibility index (Phi) is 5.66. The van der Waals surface area contributed by atoms with Gasteiger partial charge in [0.2, 0.25) is 0 Å². The van der Waals surface area contributed by atoms with E-state index in [2.05, 4.69) is 13.2 Å². The van der Waals surface area contributed by atoms with E-state index in [-0.39, 0.29) is 5.78 Å². The number of carbonyl (C=O) groups is 1. The van der Waals surface area contributed by atoms with Crippen LogP contribution in [0.5, 0.6) is 0 Å². The van der Waals surface area contributed by atoms with Gasteiger partial charge in [0, 0.05) is 16.8 Å². The molecule has 0 aliphatic rings. The number of hydrogen-bond acceptors (Lipinski definition) is 1. The van der Waals surface area contributed by atoms with Crippen molar-refractivity contribution >= 4 is 14.4 Å². The largest absolute Gasteiger partial charge is 0.289 e. The summed E-state index contributed by atoms with van der Waals surface area (Å²) in [5.74, 6) is 2.02. The first-order chi connectivity index (χ1) is 10.3. The molecule has 0 aliphatic heterocycles. The number of carbonyl (C=O) groups excluding carboxylic acids is 1. The monoisotopic (exact) mass is 294 g/mol. The van der Waals surface area contributed by atoms with Crippen LogP contribution in [0.1, 0.15) is 33.6 Å². The van der Waals surface area contributed by atoms with Crippen molar-refractivity contribution in [2.75, 3.05) is 0 Å². The molecule has 0 aliphatic carbocycles. The van der Waals surface area contributed by atoms with Crippen LogP contribution in [-0.4, -0.2) is 5.78 Å². The second-order valence-electron chi connectivity index (χ2n) is 4.76. The summed E-state index contributed by atoms with van der Waals surface area (Å²) in [6.45, 7) is 7.63. The third-order valence-electron chi connectivity index (χ3n) is 3.33. The van der Waals surface area contributed by atoms with Crippen LogP contribution in [0.15, 0.2) is 79.6 Å². The SMILES string of the molecule is C=CC[C@@H](PC=C)c1ccc(C(=O)c2ccccc2)cc1. The van der Waals surface area contributed by atoms with Gasteiger partial charge in [-0.05, 0) is 12.0 Å². The molecular weight excluding hydrogens is 275 g/mol. The molecule has 2 heteroatoms. The number of hydrogen-bond donors (Lipinski definition) is 0. The topological polar surface area (TPSA) is 17.1 Å². The van der Waals surface area contributed by atoms with Crippen molar-refractivity contribution in [2.45, 2.75) is 12.1 Å². The van der Waals surface area contributed by atoms with Crippen molar-refractivity contribution in [1.29, 1.82) is 0 Å². The van der Waals surface area contributed by atoms with E-state index in [4.69, 9.17) is 0 Å². The van der Waals surface area contributed by atoms with Crippen molar-refractivity contribution in [3.05, 3.63) is 96.3 Å². The van der Waals surface area contributed by atoms with Gasteiger partial charge in [-0.2, -0.15) is 0 Å². The zero-order valence-electron chi connectivity index (χ0n) is 12.0. The van der Waals surface area contributed by atoms with Gasteiger partial charge in [0.25, 0.3) is 0 Å². The Bertz CT molecular complexity index is 604. The zero-order chi connectivity index (χ0) is 15.1. The second kappa shape index (κ2) is 7.71. The van der Waals surface area contributed by atoms with Gasteiger partial charge in [0.15, 0.2) is 5.78 Å². The summed E-state index contributed by atoms with van der Waals surface area (Å²) in [6.07, 6.45) is 2.86. The third kappa shape index (κ3) is 4.00. The second-order valence-corrected chi connectivity index (χ2v) is 6.20. The first kappa shape index (κ1) is 15.4. The molecule has 0 amide bonds. The number of ketones is 1. The molecule has 0 spiro atoms. The van der Waals surface area contributed by atoms with E-state index in [0.29, 0.717) is 14.2 Å². The van der Waals surface area contributed by atoms with Crippen LogP contribution in [0.2, 0.25) is 0 Å². The molecule has 2 aromatic carbocycles. The van der Waals surface area contributed by atoms with Crippen LogP contribution in [0, 0.1) is 0 Å². The third-order valence-corrected chi connectivity index (χ3v) is 4.54. The number of rotatable bonds is 7. The fraction of sp³-hybridized carbons (Fsp3) is 0.105. The molecule has 2 rings (SSSR count). The fourth-order valence-corrected chi connectivity index (χ4v) is 3.20. The Morgan fingerprint density at radius 3 is 2.19 bits per heavy atom. The first-order valence-electron chi connectivity index (χ1n) is 6.94. The number of benzene rings is 2. The fourth-order valence-electron chi connectivity index (χ4n) is 2.23. The molecule has 1 nitrogen and oxygen atoms in total. The van der Waals surface area contributed by atoms with Gasteiger partial charge in [0.05, 0.1) is 0 Å². The summed E-state index contributed by atoms with van der Waals surface area (Å²) in [5.41, 5.74) is 3.10. The minimum absolute atomic E-state index is 0.0635. The van der Waals surface area contributed by atoms with Crippen LogP contribution < -0.4 is 0 Å². The quantitative estimate of drug-likeness (QED) is 0.382. The Labute approximate surface area is 128 Å². The van der Waals surface area contributed by atoms with Crippen LogP contribution in [0.25, 0.3) is 0 Å². The van der Waals surface area contributed by atoms with Gasteiger partial charge >= 0.3 is 0 Å². The highest BCUT2D eigenvalue weighted by atomic mass is 31.1. The summed E-state index contributed by atoms with van der Waals surface area (Å²) in [6, 6.07) is 17.3. The van der Waals surface area contributed by atoms with Crippen molar-refractivity contribution < 1.29 is 4.79 Å². The Balaban J connectivity index is 2.20. The van der Waals surface area contributed by atoms with Crippen molar-refractivity contribution in [3.8, 4) is 0 Å². The van der Waals surface area contributed by atoms with E-state index in [9.17, 15) is 4.79 Å². The molecular formula is C19H19OP.